The molecule has 1 aromatic carbocycles. The van der Waals surface area contributed by atoms with E-state index in [0.717, 1.165) is 38.5 Å². The normalized spacial score (nSPS) is 10.0. The third kappa shape index (κ3) is 8.52. The maximum Gasteiger partial charge on any atom is 0.338 e. The Morgan fingerprint density at radius 1 is 1.00 bits per heavy atom. The van der Waals surface area contributed by atoms with Crippen LogP contribution in [0, 0.1) is 11.3 Å². The van der Waals surface area contributed by atoms with Crippen molar-refractivity contribution in [3.05, 3.63) is 29.3 Å². The molecule has 6 heteroatoms. The van der Waals surface area contributed by atoms with Crippen LogP contribution in [0.1, 0.15) is 68.3 Å². The van der Waals surface area contributed by atoms with E-state index in [2.05, 4.69) is 6.07 Å². The second-order valence-corrected chi connectivity index (χ2v) is 5.85. The van der Waals surface area contributed by atoms with Gasteiger partial charge in [0.2, 0.25) is 0 Å². The van der Waals surface area contributed by atoms with Crippen molar-refractivity contribution in [3.8, 4) is 11.8 Å². The Balaban J connectivity index is 2.27. The molecule has 1 aromatic rings. The Bertz CT molecular complexity index is 621. The molecule has 0 heterocycles. The lowest BCUT2D eigenvalue weighted by atomic mass is 10.1. The van der Waals surface area contributed by atoms with Crippen molar-refractivity contribution in [2.24, 2.45) is 0 Å². The van der Waals surface area contributed by atoms with Crippen molar-refractivity contribution in [3.63, 3.8) is 0 Å². The number of carbonyl (C=O) groups excluding carboxylic acids is 2. The maximum absolute atomic E-state index is 11.8. The maximum atomic E-state index is 11.8. The fraction of sp³-hybridized carbons (Fsp3) is 0.550. The van der Waals surface area contributed by atoms with Crippen LogP contribution < -0.4 is 4.74 Å². The Morgan fingerprint density at radius 2 is 1.65 bits per heavy atom. The lowest BCUT2D eigenvalue weighted by Gasteiger charge is -2.10. The van der Waals surface area contributed by atoms with Gasteiger partial charge in [-0.3, -0.25) is 4.79 Å². The minimum atomic E-state index is -0.421. The Hall–Kier alpha value is -2.55. The van der Waals surface area contributed by atoms with Gasteiger partial charge in [-0.05, 0) is 38.0 Å². The van der Waals surface area contributed by atoms with Crippen LogP contribution in [-0.4, -0.2) is 31.8 Å². The van der Waals surface area contributed by atoms with E-state index in [0.29, 0.717) is 36.7 Å². The van der Waals surface area contributed by atoms with E-state index >= 15 is 0 Å². The predicted octanol–water partition coefficient (Wildman–Crippen LogP) is 4.02. The predicted molar refractivity (Wildman–Crippen MR) is 96.9 cm³/mol. The van der Waals surface area contributed by atoms with Gasteiger partial charge >= 0.3 is 11.9 Å². The van der Waals surface area contributed by atoms with E-state index < -0.39 is 5.97 Å². The second-order valence-electron chi connectivity index (χ2n) is 5.85. The quantitative estimate of drug-likeness (QED) is 0.413. The molecule has 0 aliphatic rings. The molecule has 0 fully saturated rings. The minimum absolute atomic E-state index is 0.231. The average Bonchev–Trinajstić information content (AvgIpc) is 2.63. The molecule has 0 N–H and O–H groups in total. The number of nitrogens with zero attached hydrogens (tertiary/aromatic N) is 1. The molecule has 0 unspecified atom stereocenters. The second kappa shape index (κ2) is 12.8. The lowest BCUT2D eigenvalue weighted by molar-refractivity contribution is -0.141. The Morgan fingerprint density at radius 3 is 2.27 bits per heavy atom. The summed E-state index contributed by atoms with van der Waals surface area (Å²) in [6.45, 7) is 4.45. The zero-order valence-electron chi connectivity index (χ0n) is 15.6. The molecule has 0 aliphatic heterocycles. The van der Waals surface area contributed by atoms with Crippen molar-refractivity contribution in [2.45, 2.75) is 52.4 Å². The summed E-state index contributed by atoms with van der Waals surface area (Å²) in [6.07, 6.45) is 5.99. The zero-order valence-corrected chi connectivity index (χ0v) is 15.6. The van der Waals surface area contributed by atoms with E-state index in [1.807, 2.05) is 0 Å². The molecule has 0 bridgehead atoms. The lowest BCUT2D eigenvalue weighted by Crippen LogP contribution is -2.06. The van der Waals surface area contributed by atoms with Crippen LogP contribution in [0.2, 0.25) is 0 Å². The summed E-state index contributed by atoms with van der Waals surface area (Å²) >= 11 is 0. The number of benzene rings is 1. The molecule has 0 aliphatic carbocycles. The van der Waals surface area contributed by atoms with Gasteiger partial charge in [0.15, 0.2) is 0 Å². The first kappa shape index (κ1) is 21.5. The minimum Gasteiger partial charge on any atom is -0.492 e. The van der Waals surface area contributed by atoms with Crippen molar-refractivity contribution >= 4 is 11.9 Å². The van der Waals surface area contributed by atoms with Gasteiger partial charge in [-0.15, -0.1) is 0 Å². The van der Waals surface area contributed by atoms with Gasteiger partial charge in [0.1, 0.15) is 11.8 Å². The third-order valence-electron chi connectivity index (χ3n) is 3.71. The SMILES string of the molecule is CCOC(=O)c1ccc(C#N)c(OCCCCCCCCOC(C)=O)c1. The fourth-order valence-electron chi connectivity index (χ4n) is 2.38. The highest BCUT2D eigenvalue weighted by atomic mass is 16.5. The van der Waals surface area contributed by atoms with E-state index in [1.165, 1.54) is 6.92 Å². The molecular weight excluding hydrogens is 334 g/mol. The van der Waals surface area contributed by atoms with Crippen LogP contribution in [0.15, 0.2) is 18.2 Å². The molecule has 6 nitrogen and oxygen atoms in total. The van der Waals surface area contributed by atoms with Crippen molar-refractivity contribution in [1.82, 2.24) is 0 Å². The number of esters is 2. The molecule has 26 heavy (non-hydrogen) atoms. The molecule has 0 saturated heterocycles. The van der Waals surface area contributed by atoms with Gasteiger partial charge in [0.25, 0.3) is 0 Å². The number of ether oxygens (including phenoxy) is 3. The largest absolute Gasteiger partial charge is 0.492 e. The fourth-order valence-corrected chi connectivity index (χ4v) is 2.38. The summed E-state index contributed by atoms with van der Waals surface area (Å²) in [5.41, 5.74) is 0.789. The Labute approximate surface area is 155 Å². The van der Waals surface area contributed by atoms with Gasteiger partial charge in [0, 0.05) is 6.92 Å². The van der Waals surface area contributed by atoms with Crippen molar-refractivity contribution in [1.29, 1.82) is 5.26 Å². The molecule has 1 rings (SSSR count). The highest BCUT2D eigenvalue weighted by molar-refractivity contribution is 5.90. The molecule has 142 valence electrons. The van der Waals surface area contributed by atoms with E-state index in [9.17, 15) is 9.59 Å². The van der Waals surface area contributed by atoms with Gasteiger partial charge in [-0.2, -0.15) is 5.26 Å². The van der Waals surface area contributed by atoms with Crippen LogP contribution in [0.5, 0.6) is 5.75 Å². The Kier molecular flexibility index (Phi) is 10.5. The molecule has 0 atom stereocenters. The summed E-state index contributed by atoms with van der Waals surface area (Å²) in [6, 6.07) is 6.77. The van der Waals surface area contributed by atoms with Gasteiger partial charge in [-0.1, -0.05) is 25.7 Å². The first-order valence-electron chi connectivity index (χ1n) is 9.06. The van der Waals surface area contributed by atoms with Crippen LogP contribution in [0.4, 0.5) is 0 Å². The van der Waals surface area contributed by atoms with Crippen LogP contribution in [0.3, 0.4) is 0 Å². The third-order valence-corrected chi connectivity index (χ3v) is 3.71. The summed E-state index contributed by atoms with van der Waals surface area (Å²) in [5.74, 6) is -0.235. The average molecular weight is 361 g/mol. The summed E-state index contributed by atoms with van der Waals surface area (Å²) in [5, 5.41) is 9.15. The van der Waals surface area contributed by atoms with Crippen molar-refractivity contribution < 1.29 is 23.8 Å². The molecule has 0 radical (unpaired) electrons. The van der Waals surface area contributed by atoms with Gasteiger partial charge in [0.05, 0.1) is 30.9 Å². The topological polar surface area (TPSA) is 85.6 Å². The number of rotatable bonds is 12. The summed E-state index contributed by atoms with van der Waals surface area (Å²) in [7, 11) is 0. The first-order chi connectivity index (χ1) is 12.6. The summed E-state index contributed by atoms with van der Waals surface area (Å²) < 4.78 is 15.5. The highest BCUT2D eigenvalue weighted by Crippen LogP contribution is 2.21. The van der Waals surface area contributed by atoms with Crippen LogP contribution in [0.25, 0.3) is 0 Å². The van der Waals surface area contributed by atoms with E-state index in [-0.39, 0.29) is 5.97 Å². The monoisotopic (exact) mass is 361 g/mol. The van der Waals surface area contributed by atoms with Crippen LogP contribution >= 0.6 is 0 Å². The van der Waals surface area contributed by atoms with Crippen molar-refractivity contribution in [2.75, 3.05) is 19.8 Å². The highest BCUT2D eigenvalue weighted by Gasteiger charge is 2.11. The number of carbonyl (C=O) groups is 2. The molecule has 0 saturated carbocycles. The number of unbranched alkanes of at least 4 members (excludes halogenated alkanes) is 5. The summed E-state index contributed by atoms with van der Waals surface area (Å²) in [4.78, 5) is 22.4. The zero-order chi connectivity index (χ0) is 19.2. The first-order valence-corrected chi connectivity index (χ1v) is 9.06. The van der Waals surface area contributed by atoms with E-state index in [4.69, 9.17) is 19.5 Å². The number of nitriles is 1. The molecule has 0 aromatic heterocycles. The molecule has 0 spiro atoms. The van der Waals surface area contributed by atoms with E-state index in [1.54, 1.807) is 25.1 Å². The smallest absolute Gasteiger partial charge is 0.338 e. The molecule has 0 amide bonds. The number of hydrogen-bond donors (Lipinski definition) is 0. The van der Waals surface area contributed by atoms with Gasteiger partial charge < -0.3 is 14.2 Å². The number of hydrogen-bond acceptors (Lipinski definition) is 6. The van der Waals surface area contributed by atoms with Crippen LogP contribution in [-0.2, 0) is 14.3 Å². The standard InChI is InChI=1S/C20H27NO5/c1-3-24-20(23)17-10-11-18(15-21)19(14-17)26-13-9-7-5-4-6-8-12-25-16(2)22/h10-11,14H,3-9,12-13H2,1-2H3. The molecular formula is C20H27NO5. The van der Waals surface area contributed by atoms with Gasteiger partial charge in [-0.25, -0.2) is 4.79 Å².